The summed E-state index contributed by atoms with van der Waals surface area (Å²) in [5, 5.41) is 11.6. The number of hydrogen-bond acceptors (Lipinski definition) is 5. The molecular weight excluding hydrogens is 458 g/mol. The van der Waals surface area contributed by atoms with Crippen molar-refractivity contribution in [3.05, 3.63) is 94.9 Å². The molecule has 2 aromatic rings. The molecule has 5 rings (SSSR count). The topological polar surface area (TPSA) is 48.8 Å². The molecule has 1 fully saturated rings. The first-order valence-corrected chi connectivity index (χ1v) is 12.7. The number of allylic oxidation sites excluding steroid dienone is 5. The van der Waals surface area contributed by atoms with Crippen molar-refractivity contribution in [1.29, 1.82) is 0 Å². The summed E-state index contributed by atoms with van der Waals surface area (Å²) in [6, 6.07) is 12.1. The molecule has 1 unspecified atom stereocenters. The molecule has 1 atom stereocenters. The van der Waals surface area contributed by atoms with Gasteiger partial charge in [-0.1, -0.05) is 29.8 Å². The second kappa shape index (κ2) is 10.0. The average Bonchev–Trinajstić information content (AvgIpc) is 3.01. The third-order valence-corrected chi connectivity index (χ3v) is 7.16. The molecule has 3 aliphatic rings. The average molecular weight is 490 g/mol. The largest absolute Gasteiger partial charge is 0.438 e. The fourth-order valence-corrected chi connectivity index (χ4v) is 5.10. The highest BCUT2D eigenvalue weighted by molar-refractivity contribution is 6.30. The van der Waals surface area contributed by atoms with Crippen molar-refractivity contribution in [3.63, 3.8) is 0 Å². The molecule has 0 bridgehead atoms. The van der Waals surface area contributed by atoms with Crippen LogP contribution in [0.3, 0.4) is 0 Å². The third-order valence-electron chi connectivity index (χ3n) is 6.91. The molecule has 182 valence electrons. The summed E-state index contributed by atoms with van der Waals surface area (Å²) < 4.78 is 6.23. The Morgan fingerprint density at radius 3 is 2.66 bits per heavy atom. The first-order valence-electron chi connectivity index (χ1n) is 12.3. The van der Waals surface area contributed by atoms with Crippen molar-refractivity contribution in [2.24, 2.45) is 5.92 Å². The summed E-state index contributed by atoms with van der Waals surface area (Å²) in [5.41, 5.74) is 3.40. The van der Waals surface area contributed by atoms with E-state index < -0.39 is 5.60 Å². The fourth-order valence-electron chi connectivity index (χ4n) is 4.97. The lowest BCUT2D eigenvalue weighted by Crippen LogP contribution is -2.46. The van der Waals surface area contributed by atoms with Gasteiger partial charge in [0.25, 0.3) is 0 Å². The zero-order valence-electron chi connectivity index (χ0n) is 20.3. The maximum Gasteiger partial charge on any atom is 0.227 e. The van der Waals surface area contributed by atoms with Gasteiger partial charge in [0.05, 0.1) is 5.60 Å². The quantitative estimate of drug-likeness (QED) is 0.601. The van der Waals surface area contributed by atoms with E-state index in [0.717, 1.165) is 66.6 Å². The summed E-state index contributed by atoms with van der Waals surface area (Å²) in [5.74, 6) is 1.21. The maximum atomic E-state index is 10.8. The Bertz CT molecular complexity index is 1180. The Morgan fingerprint density at radius 2 is 1.91 bits per heavy atom. The lowest BCUT2D eigenvalue weighted by atomic mass is 9.80. The molecule has 1 N–H and O–H groups in total. The molecule has 2 aliphatic heterocycles. The van der Waals surface area contributed by atoms with Gasteiger partial charge in [-0.15, -0.1) is 0 Å². The van der Waals surface area contributed by atoms with Gasteiger partial charge < -0.3 is 14.7 Å². The van der Waals surface area contributed by atoms with Crippen LogP contribution < -0.4 is 9.64 Å². The molecular formula is C29H32ClN3O2. The van der Waals surface area contributed by atoms with E-state index in [1.807, 2.05) is 50.3 Å². The third kappa shape index (κ3) is 5.37. The summed E-state index contributed by atoms with van der Waals surface area (Å²) >= 11 is 6.04. The number of anilines is 1. The highest BCUT2D eigenvalue weighted by atomic mass is 35.5. The van der Waals surface area contributed by atoms with E-state index in [-0.39, 0.29) is 5.92 Å². The van der Waals surface area contributed by atoms with Gasteiger partial charge in [-0.2, -0.15) is 0 Å². The van der Waals surface area contributed by atoms with Crippen LogP contribution in [-0.4, -0.2) is 53.3 Å². The molecule has 0 spiro atoms. The Morgan fingerprint density at radius 1 is 1.14 bits per heavy atom. The van der Waals surface area contributed by atoms with Crippen LogP contribution in [0.1, 0.15) is 25.8 Å². The molecule has 0 saturated carbocycles. The van der Waals surface area contributed by atoms with Gasteiger partial charge in [0.15, 0.2) is 0 Å². The minimum absolute atomic E-state index is 0.152. The van der Waals surface area contributed by atoms with Crippen LogP contribution in [0.4, 0.5) is 5.69 Å². The number of pyridine rings is 1. The van der Waals surface area contributed by atoms with Gasteiger partial charge in [-0.05, 0) is 74.4 Å². The number of benzene rings is 1. The van der Waals surface area contributed by atoms with Gasteiger partial charge in [0, 0.05) is 66.7 Å². The lowest BCUT2D eigenvalue weighted by Gasteiger charge is -2.36. The van der Waals surface area contributed by atoms with Crippen LogP contribution in [0, 0.1) is 5.92 Å². The summed E-state index contributed by atoms with van der Waals surface area (Å²) in [4.78, 5) is 9.43. The molecule has 0 amide bonds. The number of fused-ring (bicyclic) bond motifs is 2. The number of piperazine rings is 1. The van der Waals surface area contributed by atoms with E-state index in [1.165, 1.54) is 5.69 Å². The van der Waals surface area contributed by atoms with E-state index in [4.69, 9.17) is 16.3 Å². The molecule has 1 aromatic carbocycles. The lowest BCUT2D eigenvalue weighted by molar-refractivity contribution is 0.0492. The summed E-state index contributed by atoms with van der Waals surface area (Å²) in [6.45, 7) is 8.77. The number of hydrogen-bond donors (Lipinski definition) is 1. The normalized spacial score (nSPS) is 21.5. The molecule has 1 aliphatic carbocycles. The van der Waals surface area contributed by atoms with Crippen LogP contribution in [0.5, 0.6) is 5.88 Å². The SMILES string of the molecule is CC(C)(O)C1C=CC=C2Oc3ncccc3C(=CCCN3CCN(c4ccc(Cl)cc4)CC3)C=C21. The van der Waals surface area contributed by atoms with E-state index in [0.29, 0.717) is 5.88 Å². The van der Waals surface area contributed by atoms with E-state index in [1.54, 1.807) is 6.20 Å². The minimum Gasteiger partial charge on any atom is -0.438 e. The molecule has 1 aromatic heterocycles. The van der Waals surface area contributed by atoms with Gasteiger partial charge in [-0.3, -0.25) is 4.90 Å². The Hall–Kier alpha value is -2.86. The Balaban J connectivity index is 1.30. The Kier molecular flexibility index (Phi) is 6.83. The first kappa shape index (κ1) is 23.9. The number of aliphatic hydroxyl groups is 1. The molecule has 1 saturated heterocycles. The van der Waals surface area contributed by atoms with E-state index in [2.05, 4.69) is 45.1 Å². The van der Waals surface area contributed by atoms with Crippen LogP contribution in [0.25, 0.3) is 5.57 Å². The van der Waals surface area contributed by atoms with E-state index in [9.17, 15) is 5.11 Å². The number of aromatic nitrogens is 1. The predicted octanol–water partition coefficient (Wildman–Crippen LogP) is 5.49. The van der Waals surface area contributed by atoms with Crippen LogP contribution >= 0.6 is 11.6 Å². The zero-order valence-corrected chi connectivity index (χ0v) is 21.1. The van der Waals surface area contributed by atoms with Crippen molar-refractivity contribution in [3.8, 4) is 5.88 Å². The van der Waals surface area contributed by atoms with Crippen LogP contribution in [-0.2, 0) is 0 Å². The van der Waals surface area contributed by atoms with Crippen molar-refractivity contribution in [2.75, 3.05) is 37.6 Å². The second-order valence-electron chi connectivity index (χ2n) is 9.86. The number of ether oxygens (including phenoxy) is 1. The van der Waals surface area contributed by atoms with Gasteiger partial charge in [-0.25, -0.2) is 4.98 Å². The fraction of sp³-hybridized carbons (Fsp3) is 0.345. The second-order valence-corrected chi connectivity index (χ2v) is 10.3. The monoisotopic (exact) mass is 489 g/mol. The Labute approximate surface area is 212 Å². The molecule has 0 radical (unpaired) electrons. The maximum absolute atomic E-state index is 10.8. The van der Waals surface area contributed by atoms with Crippen LogP contribution in [0.2, 0.25) is 5.02 Å². The zero-order chi connectivity index (χ0) is 24.4. The number of rotatable bonds is 5. The summed E-state index contributed by atoms with van der Waals surface area (Å²) in [7, 11) is 0. The molecule has 6 heteroatoms. The van der Waals surface area contributed by atoms with Gasteiger partial charge in [0.2, 0.25) is 5.88 Å². The number of nitrogens with zero attached hydrogens (tertiary/aromatic N) is 3. The van der Waals surface area contributed by atoms with Gasteiger partial charge >= 0.3 is 0 Å². The highest BCUT2D eigenvalue weighted by Gasteiger charge is 2.34. The first-order chi connectivity index (χ1) is 16.9. The minimum atomic E-state index is -0.899. The van der Waals surface area contributed by atoms with Crippen molar-refractivity contribution < 1.29 is 9.84 Å². The van der Waals surface area contributed by atoms with Crippen molar-refractivity contribution >= 4 is 22.9 Å². The standard InChI is InChI=1S/C29H32ClN3O2/c1-29(2,34)26-8-3-9-27-25(26)20-21(24-7-4-14-31-28(24)35-27)6-5-15-32-16-18-33(19-17-32)23-12-10-22(30)11-13-23/h3-4,6-14,20,26,34H,5,15-19H2,1-2H3. The summed E-state index contributed by atoms with van der Waals surface area (Å²) in [6.07, 6.45) is 13.1. The van der Waals surface area contributed by atoms with E-state index >= 15 is 0 Å². The molecule has 3 heterocycles. The van der Waals surface area contributed by atoms with Crippen molar-refractivity contribution in [2.45, 2.75) is 25.9 Å². The number of halogens is 1. The van der Waals surface area contributed by atoms with Gasteiger partial charge in [0.1, 0.15) is 5.76 Å². The smallest absolute Gasteiger partial charge is 0.227 e. The molecule has 5 nitrogen and oxygen atoms in total. The highest BCUT2D eigenvalue weighted by Crippen LogP contribution is 2.40. The van der Waals surface area contributed by atoms with Crippen LogP contribution in [0.15, 0.2) is 84.3 Å². The predicted molar refractivity (Wildman–Crippen MR) is 143 cm³/mol. The van der Waals surface area contributed by atoms with Crippen molar-refractivity contribution in [1.82, 2.24) is 9.88 Å². The molecule has 35 heavy (non-hydrogen) atoms.